The third-order valence-corrected chi connectivity index (χ3v) is 7.14. The van der Waals surface area contributed by atoms with Gasteiger partial charge in [0.15, 0.2) is 0 Å². The van der Waals surface area contributed by atoms with Crippen LogP contribution in [0.1, 0.15) is 32.0 Å². The van der Waals surface area contributed by atoms with E-state index in [4.69, 9.17) is 27.9 Å². The third-order valence-electron chi connectivity index (χ3n) is 6.55. The Morgan fingerprint density at radius 2 is 1.95 bits per heavy atom. The molecule has 0 radical (unpaired) electrons. The Bertz CT molecular complexity index is 1630. The first-order chi connectivity index (χ1) is 19.4. The zero-order valence-electron chi connectivity index (χ0n) is 22.9. The minimum Gasteiger partial charge on any atom is -0.443 e. The summed E-state index contributed by atoms with van der Waals surface area (Å²) in [5.74, 6) is -1.44. The first kappa shape index (κ1) is 28.6. The van der Waals surface area contributed by atoms with Gasteiger partial charge >= 0.3 is 6.09 Å². The number of nitrogens with zero attached hydrogens (tertiary/aromatic N) is 6. The molecule has 4 aromatic rings. The van der Waals surface area contributed by atoms with Crippen molar-refractivity contribution in [3.8, 4) is 11.3 Å². The first-order valence-electron chi connectivity index (χ1n) is 12.8. The van der Waals surface area contributed by atoms with Gasteiger partial charge in [-0.25, -0.2) is 13.9 Å². The van der Waals surface area contributed by atoms with Crippen LogP contribution < -0.4 is 10.2 Å². The molecular weight excluding hydrogens is 572 g/mol. The highest BCUT2D eigenvalue weighted by Crippen LogP contribution is 2.32. The quantitative estimate of drug-likeness (QED) is 0.314. The number of hydrogen-bond donors (Lipinski definition) is 1. The van der Waals surface area contributed by atoms with Crippen molar-refractivity contribution >= 4 is 46.6 Å². The van der Waals surface area contributed by atoms with Gasteiger partial charge in [-0.15, -0.1) is 5.10 Å². The highest BCUT2D eigenvalue weighted by molar-refractivity contribution is 6.35. The van der Waals surface area contributed by atoms with Gasteiger partial charge in [0.1, 0.15) is 17.1 Å². The van der Waals surface area contributed by atoms with Gasteiger partial charge in [0.2, 0.25) is 5.91 Å². The molecule has 2 aromatic carbocycles. The molecule has 1 atom stereocenters. The van der Waals surface area contributed by atoms with Crippen molar-refractivity contribution in [3.05, 3.63) is 75.9 Å². The zero-order valence-corrected chi connectivity index (χ0v) is 24.4. The monoisotopic (exact) mass is 599 g/mol. The Kier molecular flexibility index (Phi) is 7.76. The summed E-state index contributed by atoms with van der Waals surface area (Å²) in [5.41, 5.74) is 2.25. The minimum atomic E-state index is -0.706. The molecule has 0 bridgehead atoms. The van der Waals surface area contributed by atoms with Crippen LogP contribution in [0.25, 0.3) is 11.3 Å². The van der Waals surface area contributed by atoms with Gasteiger partial charge in [-0.05, 0) is 56.7 Å². The summed E-state index contributed by atoms with van der Waals surface area (Å²) in [6.45, 7) is 5.75. The van der Waals surface area contributed by atoms with E-state index in [9.17, 15) is 14.0 Å². The number of carbonyl (C=O) groups is 2. The molecule has 214 valence electrons. The standard InChI is InChI=1S/C28H28Cl2FN7O3/c1-28(2,3)41-27(40)38-14-17(9-24-25(38)12-32-36(24)4)26(39)33-19-7-8-22(31)20(11-19)23-15-37(35-34-23)13-16-5-6-18(29)10-21(16)30/h5-8,10-12,15,17H,9,13-14H2,1-4H3,(H,33,39). The Balaban J connectivity index is 1.33. The summed E-state index contributed by atoms with van der Waals surface area (Å²) in [4.78, 5) is 27.8. The van der Waals surface area contributed by atoms with Crippen LogP contribution in [0.15, 0.2) is 48.8 Å². The normalized spacial score (nSPS) is 15.0. The molecule has 1 aliphatic heterocycles. The largest absolute Gasteiger partial charge is 0.443 e. The third kappa shape index (κ3) is 6.36. The van der Waals surface area contributed by atoms with Gasteiger partial charge in [0.05, 0.1) is 36.2 Å². The summed E-state index contributed by atoms with van der Waals surface area (Å²) in [6, 6.07) is 9.37. The maximum atomic E-state index is 14.8. The predicted molar refractivity (Wildman–Crippen MR) is 154 cm³/mol. The van der Waals surface area contributed by atoms with Gasteiger partial charge in [-0.2, -0.15) is 5.10 Å². The molecule has 10 nitrogen and oxygen atoms in total. The van der Waals surface area contributed by atoms with E-state index in [1.54, 1.807) is 63.1 Å². The summed E-state index contributed by atoms with van der Waals surface area (Å²) >= 11 is 12.2. The lowest BCUT2D eigenvalue weighted by Gasteiger charge is -2.33. The van der Waals surface area contributed by atoms with E-state index in [1.807, 2.05) is 0 Å². The van der Waals surface area contributed by atoms with Crippen molar-refractivity contribution in [1.29, 1.82) is 0 Å². The fraction of sp³-hybridized carbons (Fsp3) is 0.321. The average Bonchev–Trinajstić information content (AvgIpc) is 3.52. The van der Waals surface area contributed by atoms with Crippen LogP contribution in [0.4, 0.5) is 20.6 Å². The van der Waals surface area contributed by atoms with Crippen LogP contribution in [-0.2, 0) is 29.5 Å². The predicted octanol–water partition coefficient (Wildman–Crippen LogP) is 5.73. The number of fused-ring (bicyclic) bond motifs is 1. The molecule has 13 heteroatoms. The number of nitrogens with one attached hydrogen (secondary N) is 1. The molecule has 5 rings (SSSR count). The summed E-state index contributed by atoms with van der Waals surface area (Å²) in [7, 11) is 1.76. The van der Waals surface area contributed by atoms with Gasteiger partial charge in [-0.3, -0.25) is 14.4 Å². The number of anilines is 2. The number of benzene rings is 2. The maximum absolute atomic E-state index is 14.8. The van der Waals surface area contributed by atoms with E-state index in [0.29, 0.717) is 34.4 Å². The number of ether oxygens (including phenoxy) is 1. The first-order valence-corrected chi connectivity index (χ1v) is 13.6. The van der Waals surface area contributed by atoms with Crippen LogP contribution in [-0.4, -0.2) is 48.9 Å². The van der Waals surface area contributed by atoms with E-state index >= 15 is 0 Å². The number of carbonyl (C=O) groups excluding carboxylic acids is 2. The maximum Gasteiger partial charge on any atom is 0.414 e. The lowest BCUT2D eigenvalue weighted by molar-refractivity contribution is -0.119. The minimum absolute atomic E-state index is 0.106. The highest BCUT2D eigenvalue weighted by Gasteiger charge is 2.36. The number of aryl methyl sites for hydroxylation is 1. The van der Waals surface area contributed by atoms with Gasteiger partial charge in [0, 0.05) is 41.3 Å². The smallest absolute Gasteiger partial charge is 0.414 e. The summed E-state index contributed by atoms with van der Waals surface area (Å²) in [6.07, 6.45) is 3.00. The van der Waals surface area contributed by atoms with Crippen LogP contribution in [0.5, 0.6) is 0 Å². The molecule has 2 amide bonds. The van der Waals surface area contributed by atoms with Crippen LogP contribution in [0.3, 0.4) is 0 Å². The van der Waals surface area contributed by atoms with E-state index in [2.05, 4.69) is 20.7 Å². The van der Waals surface area contributed by atoms with Crippen molar-refractivity contribution in [3.63, 3.8) is 0 Å². The second-order valence-corrected chi connectivity index (χ2v) is 11.7. The van der Waals surface area contributed by atoms with Crippen LogP contribution >= 0.6 is 23.2 Å². The Morgan fingerprint density at radius 3 is 2.68 bits per heavy atom. The molecule has 0 fully saturated rings. The van der Waals surface area contributed by atoms with Gasteiger partial charge in [-0.1, -0.05) is 34.5 Å². The van der Waals surface area contributed by atoms with Crippen molar-refractivity contribution in [2.75, 3.05) is 16.8 Å². The van der Waals surface area contributed by atoms with Crippen LogP contribution in [0.2, 0.25) is 10.0 Å². The Labute approximate surface area is 246 Å². The topological polar surface area (TPSA) is 107 Å². The second-order valence-electron chi connectivity index (χ2n) is 10.8. The number of aromatic nitrogens is 5. The number of hydrogen-bond acceptors (Lipinski definition) is 6. The number of rotatable bonds is 5. The van der Waals surface area contributed by atoms with E-state index < -0.39 is 23.4 Å². The molecular formula is C28H28Cl2FN7O3. The molecule has 41 heavy (non-hydrogen) atoms. The van der Waals surface area contributed by atoms with Gasteiger partial charge in [0.25, 0.3) is 0 Å². The molecule has 1 N–H and O–H groups in total. The van der Waals surface area contributed by atoms with Crippen molar-refractivity contribution < 1.29 is 18.7 Å². The van der Waals surface area contributed by atoms with Crippen LogP contribution in [0, 0.1) is 11.7 Å². The summed E-state index contributed by atoms with van der Waals surface area (Å²) < 4.78 is 23.6. The van der Waals surface area contributed by atoms with E-state index in [0.717, 1.165) is 11.3 Å². The second kappa shape index (κ2) is 11.1. The fourth-order valence-corrected chi connectivity index (χ4v) is 5.03. The van der Waals surface area contributed by atoms with E-state index in [-0.39, 0.29) is 23.7 Å². The van der Waals surface area contributed by atoms with Crippen molar-refractivity contribution in [1.82, 2.24) is 24.8 Å². The molecule has 0 saturated heterocycles. The van der Waals surface area contributed by atoms with Gasteiger partial charge < -0.3 is 10.1 Å². The lowest BCUT2D eigenvalue weighted by Crippen LogP contribution is -2.46. The molecule has 3 heterocycles. The van der Waals surface area contributed by atoms with E-state index in [1.165, 1.54) is 27.8 Å². The average molecular weight is 600 g/mol. The van der Waals surface area contributed by atoms with Crippen molar-refractivity contribution in [2.24, 2.45) is 13.0 Å². The molecule has 1 unspecified atom stereocenters. The molecule has 2 aromatic heterocycles. The zero-order chi connectivity index (χ0) is 29.5. The lowest BCUT2D eigenvalue weighted by atomic mass is 9.96. The molecule has 0 saturated carbocycles. The highest BCUT2D eigenvalue weighted by atomic mass is 35.5. The Hall–Kier alpha value is -3.96. The fourth-order valence-electron chi connectivity index (χ4n) is 4.56. The molecule has 0 aliphatic carbocycles. The Morgan fingerprint density at radius 1 is 1.17 bits per heavy atom. The summed E-state index contributed by atoms with van der Waals surface area (Å²) in [5, 5.41) is 16.3. The molecule has 1 aliphatic rings. The SMILES string of the molecule is Cn1ncc2c1CC(C(=O)Nc1ccc(F)c(-c3cn(Cc4ccc(Cl)cc4Cl)nn3)c1)CN2C(=O)OC(C)(C)C. The molecule has 0 spiro atoms. The van der Waals surface area contributed by atoms with Crippen molar-refractivity contribution in [2.45, 2.75) is 39.3 Å². The number of halogens is 3. The number of amides is 2.